The van der Waals surface area contributed by atoms with Crippen LogP contribution in [-0.4, -0.2) is 31.6 Å². The summed E-state index contributed by atoms with van der Waals surface area (Å²) in [4.78, 5) is 10.2. The number of hydrogen-bond acceptors (Lipinski definition) is 5. The molecule has 0 bridgehead atoms. The number of sulfonamides is 1. The van der Waals surface area contributed by atoms with E-state index in [9.17, 15) is 18.5 Å². The first-order chi connectivity index (χ1) is 9.80. The Kier molecular flexibility index (Phi) is 4.31. The number of benzene rings is 1. The van der Waals surface area contributed by atoms with Crippen LogP contribution in [0, 0.1) is 22.5 Å². The molecule has 0 amide bonds. The van der Waals surface area contributed by atoms with Gasteiger partial charge in [0.15, 0.2) is 0 Å². The summed E-state index contributed by atoms with van der Waals surface area (Å²) >= 11 is 0. The normalized spacial score (nSPS) is 16.7. The number of nitrogens with one attached hydrogen (secondary N) is 1. The Bertz CT molecular complexity index is 653. The molecule has 0 unspecified atom stereocenters. The number of aliphatic hydroxyl groups excluding tert-OH is 1. The molecule has 0 aromatic heterocycles. The van der Waals surface area contributed by atoms with E-state index in [1.54, 1.807) is 6.92 Å². The highest BCUT2D eigenvalue weighted by molar-refractivity contribution is 7.89. The first kappa shape index (κ1) is 15.9. The van der Waals surface area contributed by atoms with Crippen molar-refractivity contribution in [2.75, 3.05) is 13.2 Å². The second kappa shape index (κ2) is 5.70. The van der Waals surface area contributed by atoms with Crippen LogP contribution in [0.15, 0.2) is 23.1 Å². The summed E-state index contributed by atoms with van der Waals surface area (Å²) in [7, 11) is -3.78. The van der Waals surface area contributed by atoms with Gasteiger partial charge in [0.2, 0.25) is 10.0 Å². The highest BCUT2D eigenvalue weighted by Gasteiger charge is 2.42. The van der Waals surface area contributed by atoms with Crippen molar-refractivity contribution in [3.05, 3.63) is 33.9 Å². The monoisotopic (exact) mass is 314 g/mol. The maximum absolute atomic E-state index is 12.2. The van der Waals surface area contributed by atoms with Gasteiger partial charge in [-0.2, -0.15) is 0 Å². The fraction of sp³-hybridized carbons (Fsp3) is 0.538. The van der Waals surface area contributed by atoms with Crippen LogP contribution in [0.1, 0.15) is 24.8 Å². The largest absolute Gasteiger partial charge is 0.396 e. The average molecular weight is 314 g/mol. The minimum absolute atomic E-state index is 0.0255. The quantitative estimate of drug-likeness (QED) is 0.583. The van der Waals surface area contributed by atoms with Crippen LogP contribution in [0.2, 0.25) is 0 Å². The molecule has 21 heavy (non-hydrogen) atoms. The van der Waals surface area contributed by atoms with Gasteiger partial charge >= 0.3 is 0 Å². The van der Waals surface area contributed by atoms with Gasteiger partial charge in [-0.15, -0.1) is 0 Å². The maximum Gasteiger partial charge on any atom is 0.273 e. The van der Waals surface area contributed by atoms with Crippen LogP contribution in [0.5, 0.6) is 0 Å². The van der Waals surface area contributed by atoms with Gasteiger partial charge < -0.3 is 5.11 Å². The van der Waals surface area contributed by atoms with Gasteiger partial charge in [0.05, 0.1) is 9.82 Å². The van der Waals surface area contributed by atoms with Crippen LogP contribution in [0.3, 0.4) is 0 Å². The summed E-state index contributed by atoms with van der Waals surface area (Å²) < 4.78 is 26.9. The lowest BCUT2D eigenvalue weighted by molar-refractivity contribution is -0.385. The lowest BCUT2D eigenvalue weighted by Gasteiger charge is -2.14. The maximum atomic E-state index is 12.2. The van der Waals surface area contributed by atoms with Gasteiger partial charge in [-0.25, -0.2) is 13.1 Å². The van der Waals surface area contributed by atoms with Crippen molar-refractivity contribution >= 4 is 15.7 Å². The third-order valence-corrected chi connectivity index (χ3v) is 5.32. The van der Waals surface area contributed by atoms with Gasteiger partial charge in [-0.1, -0.05) is 6.07 Å². The lowest BCUT2D eigenvalue weighted by atomic mass is 10.0. The van der Waals surface area contributed by atoms with E-state index in [1.165, 1.54) is 12.1 Å². The molecule has 116 valence electrons. The number of nitro groups is 1. The Hall–Kier alpha value is -1.51. The predicted molar refractivity (Wildman–Crippen MR) is 76.4 cm³/mol. The second-order valence-corrected chi connectivity index (χ2v) is 7.27. The highest BCUT2D eigenvalue weighted by Crippen LogP contribution is 2.48. The fourth-order valence-electron chi connectivity index (χ4n) is 2.21. The minimum Gasteiger partial charge on any atom is -0.396 e. The highest BCUT2D eigenvalue weighted by atomic mass is 32.2. The SMILES string of the molecule is Cc1ccc(S(=O)(=O)NCC2(CCO)CC2)cc1[N+](=O)[O-]. The molecule has 1 aromatic rings. The van der Waals surface area contributed by atoms with E-state index in [2.05, 4.69) is 4.72 Å². The van der Waals surface area contributed by atoms with Crippen LogP contribution >= 0.6 is 0 Å². The van der Waals surface area contributed by atoms with E-state index in [0.29, 0.717) is 12.0 Å². The van der Waals surface area contributed by atoms with Crippen LogP contribution < -0.4 is 4.72 Å². The molecular weight excluding hydrogens is 296 g/mol. The van der Waals surface area contributed by atoms with Gasteiger partial charge in [0.25, 0.3) is 5.69 Å². The van der Waals surface area contributed by atoms with Gasteiger partial charge in [-0.3, -0.25) is 10.1 Å². The molecular formula is C13H18N2O5S. The first-order valence-corrected chi connectivity index (χ1v) is 8.14. The Morgan fingerprint density at radius 1 is 1.43 bits per heavy atom. The Morgan fingerprint density at radius 3 is 2.62 bits per heavy atom. The predicted octanol–water partition coefficient (Wildman–Crippen LogP) is 1.34. The fourth-order valence-corrected chi connectivity index (χ4v) is 3.39. The van der Waals surface area contributed by atoms with Gasteiger partial charge in [-0.05, 0) is 37.7 Å². The van der Waals surface area contributed by atoms with E-state index in [-0.39, 0.29) is 29.1 Å². The summed E-state index contributed by atoms with van der Waals surface area (Å²) in [5.41, 5.74) is 0.0469. The number of hydrogen-bond donors (Lipinski definition) is 2. The molecule has 2 rings (SSSR count). The third kappa shape index (κ3) is 3.58. The zero-order chi connectivity index (χ0) is 15.7. The van der Waals surface area contributed by atoms with E-state index >= 15 is 0 Å². The molecule has 1 aromatic carbocycles. The molecule has 2 N–H and O–H groups in total. The van der Waals surface area contributed by atoms with E-state index in [0.717, 1.165) is 18.9 Å². The summed E-state index contributed by atoms with van der Waals surface area (Å²) in [6.07, 6.45) is 2.32. The smallest absolute Gasteiger partial charge is 0.273 e. The van der Waals surface area contributed by atoms with Crippen LogP contribution in [-0.2, 0) is 10.0 Å². The molecule has 1 aliphatic carbocycles. The van der Waals surface area contributed by atoms with Gasteiger partial charge in [0, 0.05) is 24.8 Å². The molecule has 0 saturated heterocycles. The van der Waals surface area contributed by atoms with Crippen molar-refractivity contribution < 1.29 is 18.4 Å². The molecule has 0 heterocycles. The third-order valence-electron chi connectivity index (χ3n) is 3.92. The first-order valence-electron chi connectivity index (χ1n) is 6.65. The van der Waals surface area contributed by atoms with Crippen LogP contribution in [0.4, 0.5) is 5.69 Å². The molecule has 1 fully saturated rings. The van der Waals surface area contributed by atoms with Gasteiger partial charge in [0.1, 0.15) is 0 Å². The molecule has 7 nitrogen and oxygen atoms in total. The standard InChI is InChI=1S/C13H18N2O5S/c1-10-2-3-11(8-12(10)15(17)18)21(19,20)14-9-13(4-5-13)6-7-16/h2-3,8,14,16H,4-7,9H2,1H3. The minimum atomic E-state index is -3.78. The topological polar surface area (TPSA) is 110 Å². The number of nitro benzene ring substituents is 1. The lowest BCUT2D eigenvalue weighted by Crippen LogP contribution is -2.30. The number of aliphatic hydroxyl groups is 1. The average Bonchev–Trinajstić information content (AvgIpc) is 3.17. The van der Waals surface area contributed by atoms with E-state index in [1.807, 2.05) is 0 Å². The van der Waals surface area contributed by atoms with Crippen molar-refractivity contribution in [2.45, 2.75) is 31.1 Å². The molecule has 0 radical (unpaired) electrons. The Labute approximate surface area is 123 Å². The Morgan fingerprint density at radius 2 is 2.10 bits per heavy atom. The molecule has 0 aliphatic heterocycles. The van der Waals surface area contributed by atoms with Crippen molar-refractivity contribution in [2.24, 2.45) is 5.41 Å². The number of aryl methyl sites for hydroxylation is 1. The van der Waals surface area contributed by atoms with Crippen molar-refractivity contribution in [1.82, 2.24) is 4.72 Å². The molecule has 0 atom stereocenters. The zero-order valence-electron chi connectivity index (χ0n) is 11.7. The van der Waals surface area contributed by atoms with Crippen molar-refractivity contribution in [3.63, 3.8) is 0 Å². The molecule has 1 saturated carbocycles. The van der Waals surface area contributed by atoms with Crippen molar-refractivity contribution in [1.29, 1.82) is 0 Å². The van der Waals surface area contributed by atoms with Crippen LogP contribution in [0.25, 0.3) is 0 Å². The zero-order valence-corrected chi connectivity index (χ0v) is 12.5. The number of nitrogens with zero attached hydrogens (tertiary/aromatic N) is 1. The number of rotatable bonds is 7. The van der Waals surface area contributed by atoms with E-state index < -0.39 is 14.9 Å². The molecule has 0 spiro atoms. The Balaban J connectivity index is 2.16. The summed E-state index contributed by atoms with van der Waals surface area (Å²) in [5, 5.41) is 19.8. The van der Waals surface area contributed by atoms with E-state index in [4.69, 9.17) is 5.11 Å². The summed E-state index contributed by atoms with van der Waals surface area (Å²) in [5.74, 6) is 0. The second-order valence-electron chi connectivity index (χ2n) is 5.50. The van der Waals surface area contributed by atoms with Crippen molar-refractivity contribution in [3.8, 4) is 0 Å². The molecule has 8 heteroatoms. The summed E-state index contributed by atoms with van der Waals surface area (Å²) in [6.45, 7) is 1.83. The summed E-state index contributed by atoms with van der Waals surface area (Å²) in [6, 6.07) is 3.85. The molecule has 1 aliphatic rings.